The van der Waals surface area contributed by atoms with Gasteiger partial charge in [-0.1, -0.05) is 23.7 Å². The Labute approximate surface area is 115 Å². The highest BCUT2D eigenvalue weighted by atomic mass is 35.5. The maximum Gasteiger partial charge on any atom is 0.146 e. The highest BCUT2D eigenvalue weighted by molar-refractivity contribution is 6.30. The number of nitrogens with two attached hydrogens (primary N) is 1. The molecule has 96 valence electrons. The van der Waals surface area contributed by atoms with Gasteiger partial charge in [0.1, 0.15) is 23.7 Å². The fourth-order valence-corrected chi connectivity index (χ4v) is 2.06. The summed E-state index contributed by atoms with van der Waals surface area (Å²) in [5.74, 6) is 1.44. The van der Waals surface area contributed by atoms with E-state index in [0.29, 0.717) is 23.1 Å². The second-order valence-corrected chi connectivity index (χ2v) is 4.61. The molecule has 1 heterocycles. The molecule has 5 heteroatoms. The summed E-state index contributed by atoms with van der Waals surface area (Å²) in [4.78, 5) is 7.58. The highest BCUT2D eigenvalue weighted by Gasteiger charge is 2.05. The molecule has 1 aromatic heterocycles. The molecule has 19 heavy (non-hydrogen) atoms. The number of hydrogen-bond donors (Lipinski definition) is 2. The van der Waals surface area contributed by atoms with E-state index < -0.39 is 0 Å². The summed E-state index contributed by atoms with van der Waals surface area (Å²) in [5, 5.41) is 0.645. The first-order valence-electron chi connectivity index (χ1n) is 5.84. The van der Waals surface area contributed by atoms with E-state index in [-0.39, 0.29) is 0 Å². The largest absolute Gasteiger partial charge is 0.486 e. The molecular formula is C14H12ClN3O. The maximum absolute atomic E-state index is 5.89. The van der Waals surface area contributed by atoms with Crippen LogP contribution in [0.2, 0.25) is 5.02 Å². The van der Waals surface area contributed by atoms with E-state index in [2.05, 4.69) is 9.97 Å². The number of nitrogens with one attached hydrogen (secondary N) is 1. The molecule has 0 atom stereocenters. The molecule has 3 aromatic rings. The molecule has 0 saturated heterocycles. The van der Waals surface area contributed by atoms with Gasteiger partial charge in [-0.2, -0.15) is 0 Å². The van der Waals surface area contributed by atoms with Gasteiger partial charge >= 0.3 is 0 Å². The van der Waals surface area contributed by atoms with Gasteiger partial charge in [0.05, 0.1) is 11.2 Å². The van der Waals surface area contributed by atoms with Crippen LogP contribution in [0.3, 0.4) is 0 Å². The number of ether oxygens (including phenoxy) is 1. The Morgan fingerprint density at radius 2 is 2.05 bits per heavy atom. The number of imidazole rings is 1. The Morgan fingerprint density at radius 3 is 2.84 bits per heavy atom. The zero-order chi connectivity index (χ0) is 13.2. The van der Waals surface area contributed by atoms with Crippen molar-refractivity contribution in [2.24, 2.45) is 0 Å². The summed E-state index contributed by atoms with van der Waals surface area (Å²) in [6.45, 7) is 0.342. The number of hydrogen-bond acceptors (Lipinski definition) is 3. The monoisotopic (exact) mass is 273 g/mol. The molecule has 3 N–H and O–H groups in total. The predicted molar refractivity (Wildman–Crippen MR) is 76.3 cm³/mol. The standard InChI is InChI=1S/C14H12ClN3O/c15-9-3-1-4-10(7-9)19-8-13-17-12-6-2-5-11(16)14(12)18-13/h1-7H,8,16H2,(H,17,18). The SMILES string of the molecule is Nc1cccc2[nH]c(COc3cccc(Cl)c3)nc12. The summed E-state index contributed by atoms with van der Waals surface area (Å²) in [5.41, 5.74) is 8.19. The minimum Gasteiger partial charge on any atom is -0.486 e. The quantitative estimate of drug-likeness (QED) is 0.719. The van der Waals surface area contributed by atoms with Crippen LogP contribution in [0.25, 0.3) is 11.0 Å². The molecule has 0 aliphatic carbocycles. The lowest BCUT2D eigenvalue weighted by Gasteiger charge is -2.03. The first kappa shape index (κ1) is 11.9. The van der Waals surface area contributed by atoms with E-state index in [9.17, 15) is 0 Å². The first-order chi connectivity index (χ1) is 9.22. The zero-order valence-electron chi connectivity index (χ0n) is 10.1. The molecule has 0 aliphatic rings. The van der Waals surface area contributed by atoms with Gasteiger partial charge in [-0.15, -0.1) is 0 Å². The third-order valence-electron chi connectivity index (χ3n) is 2.76. The summed E-state index contributed by atoms with van der Waals surface area (Å²) in [6.07, 6.45) is 0. The number of aromatic nitrogens is 2. The zero-order valence-corrected chi connectivity index (χ0v) is 10.8. The summed E-state index contributed by atoms with van der Waals surface area (Å²) in [6, 6.07) is 12.9. The van der Waals surface area contributed by atoms with E-state index >= 15 is 0 Å². The average molecular weight is 274 g/mol. The van der Waals surface area contributed by atoms with Crippen molar-refractivity contribution in [3.05, 3.63) is 53.3 Å². The molecule has 0 radical (unpaired) electrons. The molecular weight excluding hydrogens is 262 g/mol. The Balaban J connectivity index is 1.80. The molecule has 0 aliphatic heterocycles. The third-order valence-corrected chi connectivity index (χ3v) is 3.00. The smallest absolute Gasteiger partial charge is 0.146 e. The van der Waals surface area contributed by atoms with E-state index in [1.165, 1.54) is 0 Å². The second-order valence-electron chi connectivity index (χ2n) is 4.17. The van der Waals surface area contributed by atoms with Crippen molar-refractivity contribution in [3.8, 4) is 5.75 Å². The van der Waals surface area contributed by atoms with Crippen molar-refractivity contribution in [1.29, 1.82) is 0 Å². The van der Waals surface area contributed by atoms with E-state index in [4.69, 9.17) is 22.1 Å². The van der Waals surface area contributed by atoms with Crippen LogP contribution in [0.5, 0.6) is 5.75 Å². The van der Waals surface area contributed by atoms with Crippen LogP contribution < -0.4 is 10.5 Å². The summed E-state index contributed by atoms with van der Waals surface area (Å²) in [7, 11) is 0. The van der Waals surface area contributed by atoms with Crippen molar-refractivity contribution in [3.63, 3.8) is 0 Å². The van der Waals surface area contributed by atoms with Crippen molar-refractivity contribution in [2.75, 3.05) is 5.73 Å². The normalized spacial score (nSPS) is 10.8. The van der Waals surface area contributed by atoms with Gasteiger partial charge in [-0.05, 0) is 30.3 Å². The molecule has 0 fully saturated rings. The molecule has 0 spiro atoms. The van der Waals surface area contributed by atoms with Crippen LogP contribution in [0, 0.1) is 0 Å². The summed E-state index contributed by atoms with van der Waals surface area (Å²) < 4.78 is 5.62. The number of nitrogen functional groups attached to an aromatic ring is 1. The lowest BCUT2D eigenvalue weighted by atomic mass is 10.3. The number of nitrogens with zero attached hydrogens (tertiary/aromatic N) is 1. The van der Waals surface area contributed by atoms with E-state index in [1.54, 1.807) is 12.1 Å². The van der Waals surface area contributed by atoms with Gasteiger partial charge in [0.15, 0.2) is 0 Å². The minimum atomic E-state index is 0.342. The van der Waals surface area contributed by atoms with Crippen LogP contribution in [0.4, 0.5) is 5.69 Å². The van der Waals surface area contributed by atoms with Crippen LogP contribution in [-0.2, 0) is 6.61 Å². The fourth-order valence-electron chi connectivity index (χ4n) is 1.88. The van der Waals surface area contributed by atoms with Crippen molar-refractivity contribution >= 4 is 28.3 Å². The maximum atomic E-state index is 5.89. The van der Waals surface area contributed by atoms with E-state index in [0.717, 1.165) is 16.9 Å². The lowest BCUT2D eigenvalue weighted by molar-refractivity contribution is 0.297. The first-order valence-corrected chi connectivity index (χ1v) is 6.21. The number of anilines is 1. The summed E-state index contributed by atoms with van der Waals surface area (Å²) >= 11 is 5.89. The number of fused-ring (bicyclic) bond motifs is 1. The molecule has 3 rings (SSSR count). The lowest BCUT2D eigenvalue weighted by Crippen LogP contribution is -1.97. The molecule has 2 aromatic carbocycles. The molecule has 4 nitrogen and oxygen atoms in total. The van der Waals surface area contributed by atoms with Crippen LogP contribution >= 0.6 is 11.6 Å². The van der Waals surface area contributed by atoms with Gasteiger partial charge in [-0.3, -0.25) is 0 Å². The number of halogens is 1. The average Bonchev–Trinajstić information content (AvgIpc) is 2.81. The number of benzene rings is 2. The number of rotatable bonds is 3. The molecule has 0 unspecified atom stereocenters. The van der Waals surface area contributed by atoms with Gasteiger partial charge < -0.3 is 15.5 Å². The number of para-hydroxylation sites is 1. The van der Waals surface area contributed by atoms with Crippen LogP contribution in [0.15, 0.2) is 42.5 Å². The minimum absolute atomic E-state index is 0.342. The number of aromatic amines is 1. The molecule has 0 bridgehead atoms. The van der Waals surface area contributed by atoms with Crippen LogP contribution in [-0.4, -0.2) is 9.97 Å². The van der Waals surface area contributed by atoms with Crippen molar-refractivity contribution in [2.45, 2.75) is 6.61 Å². The fraction of sp³-hybridized carbons (Fsp3) is 0.0714. The Hall–Kier alpha value is -2.20. The Bertz CT molecular complexity index is 724. The highest BCUT2D eigenvalue weighted by Crippen LogP contribution is 2.20. The van der Waals surface area contributed by atoms with Crippen molar-refractivity contribution < 1.29 is 4.74 Å². The third kappa shape index (κ3) is 2.48. The van der Waals surface area contributed by atoms with Gasteiger partial charge in [0.2, 0.25) is 0 Å². The Morgan fingerprint density at radius 1 is 1.21 bits per heavy atom. The second kappa shape index (κ2) is 4.82. The van der Waals surface area contributed by atoms with Gasteiger partial charge in [0, 0.05) is 5.02 Å². The van der Waals surface area contributed by atoms with E-state index in [1.807, 2.05) is 30.3 Å². The van der Waals surface area contributed by atoms with Crippen LogP contribution in [0.1, 0.15) is 5.82 Å². The Kier molecular flexibility index (Phi) is 3.01. The predicted octanol–water partition coefficient (Wildman–Crippen LogP) is 3.38. The van der Waals surface area contributed by atoms with Gasteiger partial charge in [0.25, 0.3) is 0 Å². The van der Waals surface area contributed by atoms with Crippen molar-refractivity contribution in [1.82, 2.24) is 9.97 Å². The van der Waals surface area contributed by atoms with Gasteiger partial charge in [-0.25, -0.2) is 4.98 Å². The molecule has 0 amide bonds. The topological polar surface area (TPSA) is 63.9 Å². The molecule has 0 saturated carbocycles. The number of H-pyrrole nitrogens is 1.